The van der Waals surface area contributed by atoms with Crippen molar-refractivity contribution in [2.45, 2.75) is 5.38 Å². The molecule has 2 rings (SSSR count). The average molecular weight is 385 g/mol. The Kier molecular flexibility index (Phi) is 4.85. The van der Waals surface area contributed by atoms with Crippen LogP contribution in [0.1, 0.15) is 16.5 Å². The van der Waals surface area contributed by atoms with Gasteiger partial charge in [-0.3, -0.25) is 0 Å². The molecule has 0 aromatic heterocycles. The number of halogens is 5. The van der Waals surface area contributed by atoms with Crippen LogP contribution >= 0.6 is 62.3 Å². The highest BCUT2D eigenvalue weighted by molar-refractivity contribution is 9.10. The summed E-state index contributed by atoms with van der Waals surface area (Å²) in [6.07, 6.45) is 0. The van der Waals surface area contributed by atoms with Crippen molar-refractivity contribution in [3.63, 3.8) is 0 Å². The summed E-state index contributed by atoms with van der Waals surface area (Å²) in [4.78, 5) is 0. The van der Waals surface area contributed by atoms with Crippen LogP contribution in [0.25, 0.3) is 0 Å². The fourth-order valence-corrected chi connectivity index (χ4v) is 2.85. The lowest BCUT2D eigenvalue weighted by Gasteiger charge is -2.13. The van der Waals surface area contributed by atoms with E-state index in [1.54, 1.807) is 24.3 Å². The first-order chi connectivity index (χ1) is 8.49. The summed E-state index contributed by atoms with van der Waals surface area (Å²) < 4.78 is 0.797. The van der Waals surface area contributed by atoms with Gasteiger partial charge in [-0.25, -0.2) is 0 Å². The molecule has 0 aliphatic rings. The van der Waals surface area contributed by atoms with E-state index in [9.17, 15) is 0 Å². The van der Waals surface area contributed by atoms with Gasteiger partial charge in [0, 0.05) is 14.5 Å². The van der Waals surface area contributed by atoms with Gasteiger partial charge in [0.2, 0.25) is 0 Å². The largest absolute Gasteiger partial charge is 0.113 e. The molecule has 0 radical (unpaired) electrons. The summed E-state index contributed by atoms with van der Waals surface area (Å²) in [7, 11) is 0. The summed E-state index contributed by atoms with van der Waals surface area (Å²) in [5.74, 6) is 0. The average Bonchev–Trinajstić information content (AvgIpc) is 2.35. The first-order valence-electron chi connectivity index (χ1n) is 5.03. The smallest absolute Gasteiger partial charge is 0.0850 e. The van der Waals surface area contributed by atoms with E-state index in [4.69, 9.17) is 46.4 Å². The Labute approximate surface area is 134 Å². The predicted molar refractivity (Wildman–Crippen MR) is 83.3 cm³/mol. The number of alkyl halides is 1. The molecule has 1 unspecified atom stereocenters. The lowest BCUT2D eigenvalue weighted by Crippen LogP contribution is -1.94. The summed E-state index contributed by atoms with van der Waals surface area (Å²) in [6.45, 7) is 0. The third-order valence-electron chi connectivity index (χ3n) is 2.47. The first kappa shape index (κ1) is 14.5. The number of rotatable bonds is 2. The topological polar surface area (TPSA) is 0 Å². The summed E-state index contributed by atoms with van der Waals surface area (Å²) in [5.41, 5.74) is 1.68. The van der Waals surface area contributed by atoms with E-state index in [1.807, 2.05) is 12.1 Å². The number of hydrogen-bond donors (Lipinski definition) is 0. The van der Waals surface area contributed by atoms with Crippen molar-refractivity contribution >= 4 is 62.3 Å². The van der Waals surface area contributed by atoms with E-state index < -0.39 is 0 Å². The molecule has 1 atom stereocenters. The maximum absolute atomic E-state index is 6.43. The van der Waals surface area contributed by atoms with Crippen molar-refractivity contribution in [2.75, 3.05) is 0 Å². The van der Waals surface area contributed by atoms with E-state index in [-0.39, 0.29) is 5.38 Å². The second-order valence-corrected chi connectivity index (χ2v) is 6.24. The van der Waals surface area contributed by atoms with Gasteiger partial charge in [-0.2, -0.15) is 0 Å². The van der Waals surface area contributed by atoms with Gasteiger partial charge in [-0.15, -0.1) is 11.6 Å². The highest BCUT2D eigenvalue weighted by Crippen LogP contribution is 2.37. The molecular weight excluding hydrogens is 378 g/mol. The minimum absolute atomic E-state index is 0.371. The standard InChI is InChI=1S/C13H7BrCl4/c14-10-5-7(1-3-12(10)17)13(18)9-6-8(15)2-4-11(9)16/h1-6,13H. The first-order valence-corrected chi connectivity index (χ1v) is 7.39. The molecule has 2 aromatic rings. The van der Waals surface area contributed by atoms with Crippen LogP contribution in [0.5, 0.6) is 0 Å². The Morgan fingerprint density at radius 2 is 1.56 bits per heavy atom. The van der Waals surface area contributed by atoms with Crippen molar-refractivity contribution in [1.82, 2.24) is 0 Å². The van der Waals surface area contributed by atoms with Gasteiger partial charge in [0.15, 0.2) is 0 Å². The van der Waals surface area contributed by atoms with Crippen LogP contribution in [0.3, 0.4) is 0 Å². The quantitative estimate of drug-likeness (QED) is 0.503. The van der Waals surface area contributed by atoms with Gasteiger partial charge in [-0.05, 0) is 57.4 Å². The van der Waals surface area contributed by atoms with Crippen LogP contribution in [0, 0.1) is 0 Å². The third-order valence-corrected chi connectivity index (χ3v) is 4.75. The molecule has 0 N–H and O–H groups in total. The minimum atomic E-state index is -0.371. The SMILES string of the molecule is Clc1ccc(Cl)c(C(Cl)c2ccc(Cl)c(Br)c2)c1. The fraction of sp³-hybridized carbons (Fsp3) is 0.0769. The Morgan fingerprint density at radius 3 is 2.22 bits per heavy atom. The van der Waals surface area contributed by atoms with E-state index in [0.717, 1.165) is 15.6 Å². The second kappa shape index (κ2) is 6.02. The molecule has 0 nitrogen and oxygen atoms in total. The van der Waals surface area contributed by atoms with Gasteiger partial charge in [-0.1, -0.05) is 40.9 Å². The molecule has 0 aliphatic carbocycles. The maximum atomic E-state index is 6.43. The molecule has 0 amide bonds. The highest BCUT2D eigenvalue weighted by atomic mass is 79.9. The van der Waals surface area contributed by atoms with Gasteiger partial charge in [0.1, 0.15) is 0 Å². The van der Waals surface area contributed by atoms with Crippen molar-refractivity contribution < 1.29 is 0 Å². The number of hydrogen-bond acceptors (Lipinski definition) is 0. The molecule has 2 aromatic carbocycles. The normalized spacial score (nSPS) is 12.5. The molecule has 94 valence electrons. The zero-order valence-electron chi connectivity index (χ0n) is 8.93. The Balaban J connectivity index is 2.44. The third kappa shape index (κ3) is 3.15. The molecular formula is C13H7BrCl4. The van der Waals surface area contributed by atoms with Gasteiger partial charge < -0.3 is 0 Å². The van der Waals surface area contributed by atoms with Crippen LogP contribution < -0.4 is 0 Å². The molecule has 5 heteroatoms. The maximum Gasteiger partial charge on any atom is 0.0850 e. The molecule has 0 saturated heterocycles. The van der Waals surface area contributed by atoms with Crippen LogP contribution in [-0.2, 0) is 0 Å². The van der Waals surface area contributed by atoms with E-state index >= 15 is 0 Å². The van der Waals surface area contributed by atoms with Gasteiger partial charge in [0.25, 0.3) is 0 Å². The van der Waals surface area contributed by atoms with E-state index in [1.165, 1.54) is 0 Å². The van der Waals surface area contributed by atoms with Crippen LogP contribution in [0.15, 0.2) is 40.9 Å². The molecule has 0 fully saturated rings. The number of benzene rings is 2. The molecule has 0 bridgehead atoms. The predicted octanol–water partition coefficient (Wildman–Crippen LogP) is 6.74. The molecule has 0 aliphatic heterocycles. The Morgan fingerprint density at radius 1 is 0.889 bits per heavy atom. The fourth-order valence-electron chi connectivity index (χ4n) is 1.56. The van der Waals surface area contributed by atoms with E-state index in [2.05, 4.69) is 15.9 Å². The lowest BCUT2D eigenvalue weighted by molar-refractivity contribution is 1.14. The minimum Gasteiger partial charge on any atom is -0.113 e. The van der Waals surface area contributed by atoms with Crippen molar-refractivity contribution in [3.8, 4) is 0 Å². The van der Waals surface area contributed by atoms with Crippen molar-refractivity contribution in [1.29, 1.82) is 0 Å². The molecule has 0 spiro atoms. The summed E-state index contributed by atoms with van der Waals surface area (Å²) >= 11 is 27.8. The summed E-state index contributed by atoms with van der Waals surface area (Å²) in [5, 5.41) is 1.46. The Hall–Kier alpha value is 0.0800. The van der Waals surface area contributed by atoms with Crippen LogP contribution in [-0.4, -0.2) is 0 Å². The van der Waals surface area contributed by atoms with Crippen LogP contribution in [0.2, 0.25) is 15.1 Å². The Bertz CT molecular complexity index is 583. The lowest BCUT2D eigenvalue weighted by atomic mass is 10.0. The van der Waals surface area contributed by atoms with Gasteiger partial charge >= 0.3 is 0 Å². The van der Waals surface area contributed by atoms with Crippen molar-refractivity contribution in [2.24, 2.45) is 0 Å². The summed E-state index contributed by atoms with van der Waals surface area (Å²) in [6, 6.07) is 10.8. The zero-order valence-corrected chi connectivity index (χ0v) is 13.5. The molecule has 18 heavy (non-hydrogen) atoms. The molecule has 0 saturated carbocycles. The highest BCUT2D eigenvalue weighted by Gasteiger charge is 2.15. The molecule has 0 heterocycles. The van der Waals surface area contributed by atoms with E-state index in [0.29, 0.717) is 15.1 Å². The monoisotopic (exact) mass is 382 g/mol. The second-order valence-electron chi connectivity index (χ2n) is 3.70. The zero-order chi connectivity index (χ0) is 13.3. The van der Waals surface area contributed by atoms with Gasteiger partial charge in [0.05, 0.1) is 10.4 Å². The van der Waals surface area contributed by atoms with Crippen molar-refractivity contribution in [3.05, 3.63) is 67.1 Å². The van der Waals surface area contributed by atoms with Crippen LogP contribution in [0.4, 0.5) is 0 Å².